The van der Waals surface area contributed by atoms with Crippen LogP contribution in [0.3, 0.4) is 0 Å². The van der Waals surface area contributed by atoms with Gasteiger partial charge >= 0.3 is 5.97 Å². The number of carbonyl (C=O) groups is 1. The Bertz CT molecular complexity index is 1550. The summed E-state index contributed by atoms with van der Waals surface area (Å²) in [6.45, 7) is 7.27. The maximum atomic E-state index is 13.7. The van der Waals surface area contributed by atoms with Crippen LogP contribution in [0, 0.1) is 0 Å². The van der Waals surface area contributed by atoms with Gasteiger partial charge in [0.15, 0.2) is 5.43 Å². The summed E-state index contributed by atoms with van der Waals surface area (Å²) < 4.78 is 2.32. The third-order valence-electron chi connectivity index (χ3n) is 8.44. The van der Waals surface area contributed by atoms with Gasteiger partial charge in [0.05, 0.1) is 16.6 Å². The number of aromatic nitrogens is 2. The van der Waals surface area contributed by atoms with E-state index in [4.69, 9.17) is 4.98 Å². The molecular formula is C38H48N2O3. The number of hydrogen-bond acceptors (Lipinski definition) is 3. The van der Waals surface area contributed by atoms with Crippen LogP contribution in [0.2, 0.25) is 0 Å². The minimum absolute atomic E-state index is 0.197. The molecule has 1 N–H and O–H groups in total. The standard InChI is InChI=1S/C38H48N2O3/c1-4-7-10-13-20-36-39-34-25-30(16-11-8-5-2)37(41)31(17-12-9-6-3)26-35(34)40(36)27-28-21-23-29(24-22-28)32-18-14-15-19-33(32)38(42)43/h14-15,18-19,21-26H,4-13,16-17,20,27H2,1-3H3,(H,42,43). The maximum Gasteiger partial charge on any atom is 0.336 e. The second kappa shape index (κ2) is 16.2. The van der Waals surface area contributed by atoms with E-state index < -0.39 is 5.97 Å². The minimum Gasteiger partial charge on any atom is -0.478 e. The zero-order valence-electron chi connectivity index (χ0n) is 26.3. The molecule has 1 heterocycles. The highest BCUT2D eigenvalue weighted by Gasteiger charge is 2.16. The Hall–Kier alpha value is -3.73. The highest BCUT2D eigenvalue weighted by molar-refractivity contribution is 5.96. The number of aromatic carboxylic acids is 1. The monoisotopic (exact) mass is 580 g/mol. The lowest BCUT2D eigenvalue weighted by atomic mass is 9.99. The molecule has 228 valence electrons. The topological polar surface area (TPSA) is 72.2 Å². The van der Waals surface area contributed by atoms with Crippen molar-refractivity contribution in [2.75, 3.05) is 0 Å². The van der Waals surface area contributed by atoms with E-state index in [0.717, 1.165) is 103 Å². The molecule has 0 bridgehead atoms. The zero-order valence-corrected chi connectivity index (χ0v) is 26.3. The molecule has 3 aromatic carbocycles. The van der Waals surface area contributed by atoms with E-state index in [0.29, 0.717) is 17.7 Å². The highest BCUT2D eigenvalue weighted by Crippen LogP contribution is 2.26. The molecule has 4 rings (SSSR count). The number of rotatable bonds is 17. The van der Waals surface area contributed by atoms with Crippen molar-refractivity contribution in [2.45, 2.75) is 111 Å². The smallest absolute Gasteiger partial charge is 0.336 e. The van der Waals surface area contributed by atoms with Gasteiger partial charge in [-0.3, -0.25) is 4.79 Å². The number of aryl methyl sites for hydroxylation is 3. The van der Waals surface area contributed by atoms with Crippen molar-refractivity contribution in [1.82, 2.24) is 9.55 Å². The van der Waals surface area contributed by atoms with Gasteiger partial charge < -0.3 is 9.67 Å². The molecule has 0 unspecified atom stereocenters. The second-order valence-electron chi connectivity index (χ2n) is 11.8. The van der Waals surface area contributed by atoms with E-state index in [9.17, 15) is 14.7 Å². The van der Waals surface area contributed by atoms with Crippen LogP contribution in [0.1, 0.15) is 118 Å². The van der Waals surface area contributed by atoms with Gasteiger partial charge in [-0.15, -0.1) is 0 Å². The van der Waals surface area contributed by atoms with Crippen LogP contribution in [-0.4, -0.2) is 20.6 Å². The number of benzene rings is 2. The molecule has 43 heavy (non-hydrogen) atoms. The van der Waals surface area contributed by atoms with Crippen LogP contribution >= 0.6 is 0 Å². The highest BCUT2D eigenvalue weighted by atomic mass is 16.4. The molecule has 0 aliphatic heterocycles. The van der Waals surface area contributed by atoms with Crippen LogP contribution in [0.15, 0.2) is 65.5 Å². The summed E-state index contributed by atoms with van der Waals surface area (Å²) in [6, 6.07) is 19.5. The Balaban J connectivity index is 1.77. The first kappa shape index (κ1) is 32.2. The van der Waals surface area contributed by atoms with Gasteiger partial charge in [-0.2, -0.15) is 0 Å². The lowest BCUT2D eigenvalue weighted by Gasteiger charge is -2.11. The third kappa shape index (κ3) is 8.43. The Morgan fingerprint density at radius 1 is 0.744 bits per heavy atom. The molecule has 0 spiro atoms. The van der Waals surface area contributed by atoms with Gasteiger partial charge in [0.25, 0.3) is 0 Å². The van der Waals surface area contributed by atoms with Gasteiger partial charge in [0.2, 0.25) is 0 Å². The largest absolute Gasteiger partial charge is 0.478 e. The Morgan fingerprint density at radius 2 is 1.35 bits per heavy atom. The summed E-state index contributed by atoms with van der Waals surface area (Å²) in [6.07, 6.45) is 13.7. The van der Waals surface area contributed by atoms with Crippen molar-refractivity contribution in [1.29, 1.82) is 0 Å². The number of nitrogens with zero attached hydrogens (tertiary/aromatic N) is 2. The summed E-state index contributed by atoms with van der Waals surface area (Å²) >= 11 is 0. The molecular weight excluding hydrogens is 532 g/mol. The fourth-order valence-electron chi connectivity index (χ4n) is 5.93. The summed E-state index contributed by atoms with van der Waals surface area (Å²) in [7, 11) is 0. The van der Waals surface area contributed by atoms with Gasteiger partial charge in [-0.05, 0) is 67.0 Å². The van der Waals surface area contributed by atoms with E-state index in [1.807, 2.05) is 24.3 Å². The van der Waals surface area contributed by atoms with Gasteiger partial charge in [-0.25, -0.2) is 9.78 Å². The summed E-state index contributed by atoms with van der Waals surface area (Å²) in [5.74, 6) is 0.149. The normalized spacial score (nSPS) is 11.3. The second-order valence-corrected chi connectivity index (χ2v) is 11.8. The fraction of sp³-hybridized carbons (Fsp3) is 0.447. The minimum atomic E-state index is -0.924. The van der Waals surface area contributed by atoms with Crippen molar-refractivity contribution < 1.29 is 9.90 Å². The van der Waals surface area contributed by atoms with Crippen molar-refractivity contribution in [3.05, 3.63) is 99.0 Å². The van der Waals surface area contributed by atoms with Crippen LogP contribution in [-0.2, 0) is 25.8 Å². The average Bonchev–Trinajstić information content (AvgIpc) is 3.26. The molecule has 4 aromatic rings. The molecule has 0 saturated heterocycles. The van der Waals surface area contributed by atoms with Crippen molar-refractivity contribution >= 4 is 17.0 Å². The fourth-order valence-corrected chi connectivity index (χ4v) is 5.93. The zero-order chi connectivity index (χ0) is 30.6. The first-order valence-electron chi connectivity index (χ1n) is 16.4. The Labute approximate surface area is 257 Å². The molecule has 0 aliphatic carbocycles. The molecule has 0 aliphatic rings. The molecule has 1 aromatic heterocycles. The lowest BCUT2D eigenvalue weighted by molar-refractivity contribution is 0.0697. The quantitative estimate of drug-likeness (QED) is 0.126. The van der Waals surface area contributed by atoms with Crippen LogP contribution in [0.5, 0.6) is 0 Å². The number of carboxylic acid groups (broad SMARTS) is 1. The van der Waals surface area contributed by atoms with E-state index in [2.05, 4.69) is 49.6 Å². The van der Waals surface area contributed by atoms with Crippen LogP contribution < -0.4 is 5.43 Å². The van der Waals surface area contributed by atoms with E-state index in [-0.39, 0.29) is 5.43 Å². The van der Waals surface area contributed by atoms with E-state index in [1.165, 1.54) is 19.3 Å². The summed E-state index contributed by atoms with van der Waals surface area (Å²) in [5.41, 5.74) is 6.99. The van der Waals surface area contributed by atoms with Gasteiger partial charge in [-0.1, -0.05) is 108 Å². The number of carboxylic acids is 1. The average molecular weight is 581 g/mol. The van der Waals surface area contributed by atoms with Crippen molar-refractivity contribution in [2.24, 2.45) is 0 Å². The maximum absolute atomic E-state index is 13.7. The van der Waals surface area contributed by atoms with Crippen molar-refractivity contribution in [3.63, 3.8) is 0 Å². The third-order valence-corrected chi connectivity index (χ3v) is 8.44. The van der Waals surface area contributed by atoms with Gasteiger partial charge in [0, 0.05) is 24.1 Å². The molecule has 5 heteroatoms. The van der Waals surface area contributed by atoms with E-state index >= 15 is 0 Å². The molecule has 0 saturated carbocycles. The number of hydrogen-bond donors (Lipinski definition) is 1. The lowest BCUT2D eigenvalue weighted by Crippen LogP contribution is -2.12. The van der Waals surface area contributed by atoms with E-state index in [1.54, 1.807) is 12.1 Å². The predicted octanol–water partition coefficient (Wildman–Crippen LogP) is 9.40. The Morgan fingerprint density at radius 3 is 2.00 bits per heavy atom. The number of fused-ring (bicyclic) bond motifs is 1. The van der Waals surface area contributed by atoms with Crippen LogP contribution in [0.25, 0.3) is 22.2 Å². The summed E-state index contributed by atoms with van der Waals surface area (Å²) in [4.78, 5) is 30.7. The Kier molecular flexibility index (Phi) is 12.1. The first-order valence-corrected chi connectivity index (χ1v) is 16.4. The predicted molar refractivity (Wildman–Crippen MR) is 178 cm³/mol. The van der Waals surface area contributed by atoms with Crippen molar-refractivity contribution in [3.8, 4) is 11.1 Å². The number of unbranched alkanes of at least 4 members (excludes halogenated alkanes) is 7. The molecule has 0 atom stereocenters. The number of imidazole rings is 1. The SMILES string of the molecule is CCCCCCc1nc2cc(CCCCC)c(=O)c(CCCCC)cc2n1Cc1ccc(-c2ccccc2C(=O)O)cc1. The molecule has 0 radical (unpaired) electrons. The van der Waals surface area contributed by atoms with Gasteiger partial charge in [0.1, 0.15) is 5.82 Å². The molecule has 0 amide bonds. The molecule has 0 fully saturated rings. The van der Waals surface area contributed by atoms with Crippen LogP contribution in [0.4, 0.5) is 0 Å². The summed E-state index contributed by atoms with van der Waals surface area (Å²) in [5, 5.41) is 9.67. The molecule has 5 nitrogen and oxygen atoms in total. The first-order chi connectivity index (χ1) is 21.0.